The molecule has 3 aromatic rings. The molecule has 0 saturated heterocycles. The number of aromatic nitrogens is 2. The van der Waals surface area contributed by atoms with Gasteiger partial charge in [-0.1, -0.05) is 42.5 Å². The molecule has 0 spiro atoms. The number of aryl methyl sites for hydroxylation is 1. The molecular weight excluding hydrogens is 232 g/mol. The molecular formula is C17H14N2. The third kappa shape index (κ3) is 1.53. The first-order valence-electron chi connectivity index (χ1n) is 6.56. The number of imidazole rings is 1. The highest BCUT2D eigenvalue weighted by molar-refractivity contribution is 5.90. The number of benzene rings is 2. The lowest BCUT2D eigenvalue weighted by molar-refractivity contribution is 0.855. The van der Waals surface area contributed by atoms with Crippen LogP contribution in [0, 0.1) is 6.92 Å². The van der Waals surface area contributed by atoms with Crippen LogP contribution >= 0.6 is 0 Å². The fourth-order valence-electron chi connectivity index (χ4n) is 2.84. The van der Waals surface area contributed by atoms with Crippen molar-refractivity contribution in [1.29, 1.82) is 0 Å². The fraction of sp³-hybridized carbons (Fsp3) is 0.118. The molecule has 2 heterocycles. The SMILES string of the molecule is Cc1cc2c3c(c1)nc(-c1ccccc1)n3CC=C2. The number of hydrogen-bond acceptors (Lipinski definition) is 1. The smallest absolute Gasteiger partial charge is 0.141 e. The van der Waals surface area contributed by atoms with Gasteiger partial charge in [-0.25, -0.2) is 4.98 Å². The molecule has 0 N–H and O–H groups in total. The van der Waals surface area contributed by atoms with E-state index in [1.165, 1.54) is 22.2 Å². The standard InChI is InChI=1S/C17H14N2/c1-12-10-14-8-5-9-19-16(14)15(11-12)18-17(19)13-6-3-2-4-7-13/h2-8,10-11H,9H2,1H3. The largest absolute Gasteiger partial charge is 0.320 e. The van der Waals surface area contributed by atoms with Crippen LogP contribution in [0.25, 0.3) is 28.5 Å². The molecule has 2 heteroatoms. The molecule has 1 aromatic heterocycles. The molecule has 2 aromatic carbocycles. The molecule has 1 aliphatic heterocycles. The van der Waals surface area contributed by atoms with E-state index in [0.717, 1.165) is 17.9 Å². The van der Waals surface area contributed by atoms with Gasteiger partial charge in [-0.3, -0.25) is 0 Å². The minimum absolute atomic E-state index is 0.900. The number of hydrogen-bond donors (Lipinski definition) is 0. The Morgan fingerprint density at radius 3 is 2.79 bits per heavy atom. The summed E-state index contributed by atoms with van der Waals surface area (Å²) in [5, 5.41) is 0. The third-order valence-corrected chi connectivity index (χ3v) is 3.63. The lowest BCUT2D eigenvalue weighted by Gasteiger charge is -2.12. The zero-order valence-corrected chi connectivity index (χ0v) is 10.8. The number of rotatable bonds is 1. The summed E-state index contributed by atoms with van der Waals surface area (Å²) in [5.74, 6) is 1.06. The second-order valence-corrected chi connectivity index (χ2v) is 5.04. The van der Waals surface area contributed by atoms with E-state index in [-0.39, 0.29) is 0 Å². The number of allylic oxidation sites excluding steroid dienone is 1. The van der Waals surface area contributed by atoms with Crippen LogP contribution in [-0.4, -0.2) is 9.55 Å². The van der Waals surface area contributed by atoms with E-state index < -0.39 is 0 Å². The van der Waals surface area contributed by atoms with E-state index in [4.69, 9.17) is 4.98 Å². The molecule has 92 valence electrons. The highest BCUT2D eigenvalue weighted by atomic mass is 15.1. The van der Waals surface area contributed by atoms with Crippen molar-refractivity contribution in [3.63, 3.8) is 0 Å². The van der Waals surface area contributed by atoms with Crippen molar-refractivity contribution in [2.45, 2.75) is 13.5 Å². The van der Waals surface area contributed by atoms with Gasteiger partial charge in [-0.2, -0.15) is 0 Å². The minimum atomic E-state index is 0.900. The molecule has 0 fully saturated rings. The molecule has 0 radical (unpaired) electrons. The molecule has 0 bridgehead atoms. The summed E-state index contributed by atoms with van der Waals surface area (Å²) < 4.78 is 2.30. The Labute approximate surface area is 112 Å². The molecule has 4 rings (SSSR count). The zero-order valence-electron chi connectivity index (χ0n) is 10.8. The summed E-state index contributed by atoms with van der Waals surface area (Å²) in [6, 6.07) is 14.8. The van der Waals surface area contributed by atoms with Crippen LogP contribution in [0.2, 0.25) is 0 Å². The van der Waals surface area contributed by atoms with E-state index in [1.54, 1.807) is 0 Å². The predicted octanol–water partition coefficient (Wildman–Crippen LogP) is 4.04. The monoisotopic (exact) mass is 246 g/mol. The molecule has 19 heavy (non-hydrogen) atoms. The first kappa shape index (κ1) is 10.6. The van der Waals surface area contributed by atoms with Crippen LogP contribution in [0.3, 0.4) is 0 Å². The van der Waals surface area contributed by atoms with Gasteiger partial charge < -0.3 is 4.57 Å². The van der Waals surface area contributed by atoms with Crippen LogP contribution < -0.4 is 0 Å². The van der Waals surface area contributed by atoms with Crippen LogP contribution in [0.4, 0.5) is 0 Å². The zero-order chi connectivity index (χ0) is 12.8. The van der Waals surface area contributed by atoms with Crippen molar-refractivity contribution < 1.29 is 0 Å². The van der Waals surface area contributed by atoms with E-state index in [9.17, 15) is 0 Å². The van der Waals surface area contributed by atoms with E-state index in [1.807, 2.05) is 6.07 Å². The highest BCUT2D eigenvalue weighted by Gasteiger charge is 2.16. The van der Waals surface area contributed by atoms with Gasteiger partial charge in [0.05, 0.1) is 11.0 Å². The van der Waals surface area contributed by atoms with Crippen molar-refractivity contribution in [3.8, 4) is 11.4 Å². The van der Waals surface area contributed by atoms with Gasteiger partial charge in [0.15, 0.2) is 0 Å². The summed E-state index contributed by atoms with van der Waals surface area (Å²) >= 11 is 0. The summed E-state index contributed by atoms with van der Waals surface area (Å²) in [6.45, 7) is 3.02. The summed E-state index contributed by atoms with van der Waals surface area (Å²) in [6.07, 6.45) is 4.40. The molecule has 2 nitrogen and oxygen atoms in total. The Hall–Kier alpha value is -2.35. The van der Waals surface area contributed by atoms with Gasteiger partial charge in [0.1, 0.15) is 5.82 Å². The van der Waals surface area contributed by atoms with Gasteiger partial charge in [0, 0.05) is 17.7 Å². The Morgan fingerprint density at radius 2 is 1.95 bits per heavy atom. The second kappa shape index (κ2) is 3.82. The molecule has 0 aliphatic carbocycles. The number of nitrogens with zero attached hydrogens (tertiary/aromatic N) is 2. The molecule has 0 saturated carbocycles. The lowest BCUT2D eigenvalue weighted by Crippen LogP contribution is -2.02. The summed E-state index contributed by atoms with van der Waals surface area (Å²) in [5.41, 5.74) is 6.07. The minimum Gasteiger partial charge on any atom is -0.320 e. The van der Waals surface area contributed by atoms with E-state index in [0.29, 0.717) is 0 Å². The maximum atomic E-state index is 4.84. The molecule has 0 unspecified atom stereocenters. The normalized spacial score (nSPS) is 13.1. The van der Waals surface area contributed by atoms with Crippen molar-refractivity contribution >= 4 is 17.1 Å². The van der Waals surface area contributed by atoms with E-state index in [2.05, 4.69) is 60.0 Å². The Kier molecular flexibility index (Phi) is 2.12. The third-order valence-electron chi connectivity index (χ3n) is 3.63. The summed E-state index contributed by atoms with van der Waals surface area (Å²) in [7, 11) is 0. The fourth-order valence-corrected chi connectivity index (χ4v) is 2.84. The van der Waals surface area contributed by atoms with Crippen molar-refractivity contribution in [2.24, 2.45) is 0 Å². The van der Waals surface area contributed by atoms with Gasteiger partial charge in [-0.05, 0) is 24.6 Å². The van der Waals surface area contributed by atoms with Crippen LogP contribution in [0.15, 0.2) is 48.5 Å². The first-order valence-corrected chi connectivity index (χ1v) is 6.56. The van der Waals surface area contributed by atoms with Crippen LogP contribution in [0.5, 0.6) is 0 Å². The first-order chi connectivity index (χ1) is 9.33. The topological polar surface area (TPSA) is 17.8 Å². The van der Waals surface area contributed by atoms with E-state index >= 15 is 0 Å². The average molecular weight is 246 g/mol. The predicted molar refractivity (Wildman–Crippen MR) is 78.9 cm³/mol. The van der Waals surface area contributed by atoms with Crippen molar-refractivity contribution in [2.75, 3.05) is 0 Å². The second-order valence-electron chi connectivity index (χ2n) is 5.04. The molecule has 0 atom stereocenters. The van der Waals surface area contributed by atoms with Crippen LogP contribution in [-0.2, 0) is 6.54 Å². The summed E-state index contributed by atoms with van der Waals surface area (Å²) in [4.78, 5) is 4.84. The Bertz CT molecular complexity index is 795. The lowest BCUT2D eigenvalue weighted by atomic mass is 10.1. The van der Waals surface area contributed by atoms with Crippen LogP contribution in [0.1, 0.15) is 11.1 Å². The highest BCUT2D eigenvalue weighted by Crippen LogP contribution is 2.31. The quantitative estimate of drug-likeness (QED) is 0.633. The average Bonchev–Trinajstić information content (AvgIpc) is 2.80. The molecule has 1 aliphatic rings. The Morgan fingerprint density at radius 1 is 1.11 bits per heavy atom. The Balaban J connectivity index is 2.08. The van der Waals surface area contributed by atoms with Gasteiger partial charge in [-0.15, -0.1) is 0 Å². The van der Waals surface area contributed by atoms with Gasteiger partial charge in [0.25, 0.3) is 0 Å². The van der Waals surface area contributed by atoms with Crippen molar-refractivity contribution in [3.05, 3.63) is 59.7 Å². The maximum Gasteiger partial charge on any atom is 0.141 e. The molecule has 0 amide bonds. The van der Waals surface area contributed by atoms with Crippen molar-refractivity contribution in [1.82, 2.24) is 9.55 Å². The maximum absolute atomic E-state index is 4.84. The van der Waals surface area contributed by atoms with Gasteiger partial charge in [0.2, 0.25) is 0 Å². The van der Waals surface area contributed by atoms with Gasteiger partial charge >= 0.3 is 0 Å².